The van der Waals surface area contributed by atoms with Gasteiger partial charge in [0.1, 0.15) is 16.5 Å². The second kappa shape index (κ2) is 14.6. The number of carbonyl (C=O) groups excluding carboxylic acids is 2. The summed E-state index contributed by atoms with van der Waals surface area (Å²) in [5.41, 5.74) is 2.71. The topological polar surface area (TPSA) is 115 Å². The number of hydrogen-bond acceptors (Lipinski definition) is 9. The van der Waals surface area contributed by atoms with Crippen LogP contribution in [0.4, 0.5) is 10.3 Å². The highest BCUT2D eigenvalue weighted by atomic mass is 32.1. The molecule has 0 radical (unpaired) electrons. The summed E-state index contributed by atoms with van der Waals surface area (Å²) in [4.78, 5) is 31.7. The van der Waals surface area contributed by atoms with Crippen LogP contribution in [0.3, 0.4) is 0 Å². The summed E-state index contributed by atoms with van der Waals surface area (Å²) in [7, 11) is 3.21. The van der Waals surface area contributed by atoms with Gasteiger partial charge in [-0.25, -0.2) is 4.98 Å². The summed E-state index contributed by atoms with van der Waals surface area (Å²) in [5.74, 6) is 1.71. The Balaban J connectivity index is 1.24. The lowest BCUT2D eigenvalue weighted by atomic mass is 9.91. The molecule has 0 saturated heterocycles. The molecule has 2 aromatic carbocycles. The van der Waals surface area contributed by atoms with Crippen LogP contribution in [-0.2, 0) is 28.9 Å². The molecule has 2 unspecified atom stereocenters. The summed E-state index contributed by atoms with van der Waals surface area (Å²) in [6.07, 6.45) is 6.50. The number of nitrogens with zero attached hydrogens (tertiary/aromatic N) is 3. The molecule has 43 heavy (non-hydrogen) atoms. The van der Waals surface area contributed by atoms with E-state index in [1.54, 1.807) is 25.6 Å². The molecule has 9 nitrogen and oxygen atoms in total. The van der Waals surface area contributed by atoms with E-state index in [1.807, 2.05) is 48.5 Å². The smallest absolute Gasteiger partial charge is 0.230 e. The van der Waals surface area contributed by atoms with Crippen molar-refractivity contribution in [2.45, 2.75) is 70.1 Å². The molecule has 4 aromatic rings. The maximum absolute atomic E-state index is 12.9. The number of nitrogens with one attached hydrogen (secondary N) is 2. The number of hydrogen-bond donors (Lipinski definition) is 2. The van der Waals surface area contributed by atoms with E-state index in [0.29, 0.717) is 27.7 Å². The van der Waals surface area contributed by atoms with Crippen LogP contribution in [0, 0.1) is 0 Å². The molecule has 0 aliphatic heterocycles. The number of carbonyl (C=O) groups is 2. The highest BCUT2D eigenvalue weighted by Crippen LogP contribution is 2.44. The van der Waals surface area contributed by atoms with Crippen molar-refractivity contribution in [2.24, 2.45) is 0 Å². The summed E-state index contributed by atoms with van der Waals surface area (Å²) in [5, 5.41) is 16.8. The quantitative estimate of drug-likeness (QED) is 0.178. The lowest BCUT2D eigenvalue weighted by Gasteiger charge is -2.17. The van der Waals surface area contributed by atoms with Gasteiger partial charge in [-0.1, -0.05) is 67.5 Å². The molecule has 0 spiro atoms. The summed E-state index contributed by atoms with van der Waals surface area (Å²) < 4.78 is 10.8. The van der Waals surface area contributed by atoms with E-state index in [0.717, 1.165) is 60.4 Å². The number of rotatable bonds is 11. The third kappa shape index (κ3) is 7.77. The van der Waals surface area contributed by atoms with Crippen LogP contribution in [-0.4, -0.2) is 41.2 Å². The van der Waals surface area contributed by atoms with Crippen LogP contribution in [0.15, 0.2) is 48.5 Å². The van der Waals surface area contributed by atoms with E-state index in [1.165, 1.54) is 16.2 Å². The number of anilines is 2. The van der Waals surface area contributed by atoms with Crippen molar-refractivity contribution in [3.63, 3.8) is 0 Å². The second-order valence-electron chi connectivity index (χ2n) is 10.6. The maximum Gasteiger partial charge on any atom is 0.230 e. The van der Waals surface area contributed by atoms with Crippen molar-refractivity contribution in [2.75, 3.05) is 24.9 Å². The first-order chi connectivity index (χ1) is 21.0. The second-order valence-corrected chi connectivity index (χ2v) is 12.7. The van der Waals surface area contributed by atoms with Gasteiger partial charge in [0, 0.05) is 21.9 Å². The van der Waals surface area contributed by atoms with Crippen molar-refractivity contribution in [1.29, 1.82) is 0 Å². The zero-order valence-electron chi connectivity index (χ0n) is 24.7. The van der Waals surface area contributed by atoms with Crippen LogP contribution in [0.25, 0.3) is 0 Å². The molecular formula is C32H37N5O4S2. The molecule has 2 heterocycles. The fraction of sp³-hybridized carbons (Fsp3) is 0.406. The van der Waals surface area contributed by atoms with Gasteiger partial charge in [-0.15, -0.1) is 21.5 Å². The van der Waals surface area contributed by atoms with Crippen molar-refractivity contribution >= 4 is 44.8 Å². The predicted octanol–water partition coefficient (Wildman–Crippen LogP) is 6.77. The number of aromatic nitrogens is 3. The minimum atomic E-state index is -0.150. The Bertz CT molecular complexity index is 1550. The average Bonchev–Trinajstić information content (AvgIpc) is 3.57. The summed E-state index contributed by atoms with van der Waals surface area (Å²) in [6.45, 7) is 2.11. The number of amides is 2. The maximum atomic E-state index is 12.9. The van der Waals surface area contributed by atoms with E-state index < -0.39 is 0 Å². The standard InChI is InChI=1S/C32H37N5O4S2/c1-4-24-29(42-31(33-24)34-27(38)18-20-11-7-9-15-25(20)40-2)22-13-5-6-14-23(17-22)30-36-37-32(43-30)35-28(39)19-21-12-8-10-16-26(21)41-3/h7-12,15-16,22-23H,4-6,13-14,17-19H2,1-3H3,(H,33,34,38)(H,35,37,39). The van der Waals surface area contributed by atoms with Gasteiger partial charge < -0.3 is 20.1 Å². The van der Waals surface area contributed by atoms with Crippen molar-refractivity contribution in [3.8, 4) is 11.5 Å². The van der Waals surface area contributed by atoms with E-state index in [4.69, 9.17) is 14.5 Å². The van der Waals surface area contributed by atoms with Crippen LogP contribution in [0.2, 0.25) is 0 Å². The van der Waals surface area contributed by atoms with Crippen molar-refractivity contribution < 1.29 is 19.1 Å². The molecular weight excluding hydrogens is 583 g/mol. The minimum Gasteiger partial charge on any atom is -0.496 e. The van der Waals surface area contributed by atoms with Crippen molar-refractivity contribution in [1.82, 2.24) is 15.2 Å². The van der Waals surface area contributed by atoms with Gasteiger partial charge in [-0.2, -0.15) is 0 Å². The highest BCUT2D eigenvalue weighted by Gasteiger charge is 2.29. The zero-order chi connectivity index (χ0) is 30.2. The fourth-order valence-corrected chi connectivity index (χ4v) is 7.76. The molecule has 0 bridgehead atoms. The molecule has 5 rings (SSSR count). The van der Waals surface area contributed by atoms with Gasteiger partial charge in [-0.3, -0.25) is 9.59 Å². The van der Waals surface area contributed by atoms with E-state index in [2.05, 4.69) is 27.8 Å². The number of para-hydroxylation sites is 2. The molecule has 2 N–H and O–H groups in total. The first-order valence-corrected chi connectivity index (χ1v) is 16.3. The number of methoxy groups -OCH3 is 2. The van der Waals surface area contributed by atoms with Crippen LogP contribution in [0.1, 0.15) is 77.6 Å². The Morgan fingerprint density at radius 2 is 1.40 bits per heavy atom. The Hall–Kier alpha value is -3.83. The molecule has 11 heteroatoms. The van der Waals surface area contributed by atoms with Crippen molar-refractivity contribution in [3.05, 3.63) is 75.2 Å². The third-order valence-corrected chi connectivity index (χ3v) is 9.90. The Labute approximate surface area is 260 Å². The van der Waals surface area contributed by atoms with Crippen LogP contribution >= 0.6 is 22.7 Å². The van der Waals surface area contributed by atoms with Gasteiger partial charge in [0.15, 0.2) is 5.13 Å². The summed E-state index contributed by atoms with van der Waals surface area (Å²) in [6, 6.07) is 15.1. The molecule has 226 valence electrons. The SMILES string of the molecule is CCc1nc(NC(=O)Cc2ccccc2OC)sc1C1CCCCC(c2nnc(NC(=O)Cc3ccccc3OC)s2)C1. The Morgan fingerprint density at radius 1 is 0.814 bits per heavy atom. The molecule has 2 amide bonds. The van der Waals surface area contributed by atoms with E-state index in [-0.39, 0.29) is 30.6 Å². The largest absolute Gasteiger partial charge is 0.496 e. The molecule has 1 saturated carbocycles. The zero-order valence-corrected chi connectivity index (χ0v) is 26.4. The monoisotopic (exact) mass is 619 g/mol. The number of ether oxygens (including phenoxy) is 2. The van der Waals surface area contributed by atoms with Gasteiger partial charge in [-0.05, 0) is 43.7 Å². The van der Waals surface area contributed by atoms with E-state index in [9.17, 15) is 9.59 Å². The predicted molar refractivity (Wildman–Crippen MR) is 171 cm³/mol. The van der Waals surface area contributed by atoms with E-state index >= 15 is 0 Å². The highest BCUT2D eigenvalue weighted by molar-refractivity contribution is 7.16. The summed E-state index contributed by atoms with van der Waals surface area (Å²) >= 11 is 3.05. The van der Waals surface area contributed by atoms with Gasteiger partial charge in [0.2, 0.25) is 16.9 Å². The third-order valence-electron chi connectivity index (χ3n) is 7.73. The number of benzene rings is 2. The number of thiazole rings is 1. The first kappa shape index (κ1) is 30.6. The minimum absolute atomic E-state index is 0.111. The number of aryl methyl sites for hydroxylation is 1. The first-order valence-electron chi connectivity index (χ1n) is 14.6. The lowest BCUT2D eigenvalue weighted by Crippen LogP contribution is -2.14. The fourth-order valence-electron chi connectivity index (χ4n) is 5.63. The average molecular weight is 620 g/mol. The molecule has 2 atom stereocenters. The van der Waals surface area contributed by atoms with Gasteiger partial charge >= 0.3 is 0 Å². The normalized spacial score (nSPS) is 16.7. The van der Waals surface area contributed by atoms with Crippen LogP contribution in [0.5, 0.6) is 11.5 Å². The Kier molecular flexibility index (Phi) is 10.4. The molecule has 1 aliphatic carbocycles. The van der Waals surface area contributed by atoms with Crippen LogP contribution < -0.4 is 20.1 Å². The molecule has 1 fully saturated rings. The Morgan fingerprint density at radius 3 is 2.00 bits per heavy atom. The molecule has 2 aromatic heterocycles. The molecule has 1 aliphatic rings. The van der Waals surface area contributed by atoms with Gasteiger partial charge in [0.25, 0.3) is 0 Å². The lowest BCUT2D eigenvalue weighted by molar-refractivity contribution is -0.116. The van der Waals surface area contributed by atoms with Gasteiger partial charge in [0.05, 0.1) is 32.8 Å².